The number of amides is 1. The third-order valence-electron chi connectivity index (χ3n) is 8.34. The number of ether oxygens (including phenoxy) is 1. The zero-order valence-corrected chi connectivity index (χ0v) is 25.0. The Hall–Kier alpha value is -2.39. The van der Waals surface area contributed by atoms with E-state index in [-0.39, 0.29) is 24.7 Å². The quantitative estimate of drug-likeness (QED) is 0.239. The third kappa shape index (κ3) is 6.07. The summed E-state index contributed by atoms with van der Waals surface area (Å²) >= 11 is 13.0. The van der Waals surface area contributed by atoms with E-state index in [0.717, 1.165) is 54.8 Å². The molecule has 3 atom stereocenters. The summed E-state index contributed by atoms with van der Waals surface area (Å²) in [6.07, 6.45) is 3.83. The van der Waals surface area contributed by atoms with Crippen molar-refractivity contribution in [3.63, 3.8) is 0 Å². The van der Waals surface area contributed by atoms with Gasteiger partial charge in [-0.2, -0.15) is 0 Å². The van der Waals surface area contributed by atoms with Gasteiger partial charge in [0.2, 0.25) is 0 Å². The highest BCUT2D eigenvalue weighted by Gasteiger charge is 2.46. The minimum atomic E-state index is -4.15. The Morgan fingerprint density at radius 2 is 1.95 bits per heavy atom. The number of carbonyl (C=O) groups is 1. The van der Waals surface area contributed by atoms with Crippen LogP contribution in [0.4, 0.5) is 5.69 Å². The molecular weight excluding hydrogens is 588 g/mol. The van der Waals surface area contributed by atoms with Crippen molar-refractivity contribution in [2.24, 2.45) is 5.92 Å². The summed E-state index contributed by atoms with van der Waals surface area (Å²) < 4.78 is 23.4. The first-order valence-electron chi connectivity index (χ1n) is 13.8. The molecule has 1 amide bonds. The van der Waals surface area contributed by atoms with Crippen molar-refractivity contribution in [3.05, 3.63) is 68.9 Å². The van der Waals surface area contributed by atoms with Crippen molar-refractivity contribution in [2.75, 3.05) is 24.2 Å². The van der Waals surface area contributed by atoms with Crippen LogP contribution in [0.2, 0.25) is 10.0 Å². The lowest BCUT2D eigenvalue weighted by molar-refractivity contribution is 0.0122. The van der Waals surface area contributed by atoms with Crippen LogP contribution in [0.1, 0.15) is 58.8 Å². The highest BCUT2D eigenvalue weighted by Crippen LogP contribution is 2.47. The standard InChI is InChI=1S/C29H32Cl2N3O6P/c1-16-11-18(29(35)32-9-10-41(36,37)38)7-8-24(16)34-14-19-12-20(34)13-25(19)39-15-21-27(33-40-28(21)17-5-6-17)26-22(30)3-2-4-23(26)31/h2-4,7-8,11,17,19-20,25H,5-6,9-10,12-15H2,1H3,(H,32,35)(H2,36,37,38)/t19-,20-,25+/m0/s1. The van der Waals surface area contributed by atoms with Crippen molar-refractivity contribution in [3.8, 4) is 11.3 Å². The molecule has 0 radical (unpaired) electrons. The average molecular weight is 620 g/mol. The van der Waals surface area contributed by atoms with Gasteiger partial charge in [0.05, 0.1) is 28.9 Å². The van der Waals surface area contributed by atoms with Crippen LogP contribution >= 0.6 is 30.8 Å². The molecule has 6 rings (SSSR count). The Bertz CT molecular complexity index is 1500. The van der Waals surface area contributed by atoms with Gasteiger partial charge in [0.15, 0.2) is 0 Å². The van der Waals surface area contributed by atoms with Crippen molar-refractivity contribution >= 4 is 42.4 Å². The average Bonchev–Trinajstić information content (AvgIpc) is 3.37. The number of nitrogens with one attached hydrogen (secondary N) is 1. The molecule has 41 heavy (non-hydrogen) atoms. The summed E-state index contributed by atoms with van der Waals surface area (Å²) in [7, 11) is -4.15. The van der Waals surface area contributed by atoms with Crippen LogP contribution in [0.15, 0.2) is 40.9 Å². The van der Waals surface area contributed by atoms with Gasteiger partial charge in [-0.15, -0.1) is 0 Å². The number of benzene rings is 2. The fourth-order valence-corrected chi connectivity index (χ4v) is 7.16. The van der Waals surface area contributed by atoms with Crippen molar-refractivity contribution < 1.29 is 28.4 Å². The van der Waals surface area contributed by atoms with Gasteiger partial charge >= 0.3 is 7.60 Å². The fourth-order valence-electron chi connectivity index (χ4n) is 6.18. The van der Waals surface area contributed by atoms with Gasteiger partial charge in [0.1, 0.15) is 11.5 Å². The van der Waals surface area contributed by atoms with Crippen LogP contribution < -0.4 is 10.2 Å². The molecule has 3 N–H and O–H groups in total. The van der Waals surface area contributed by atoms with Crippen LogP contribution in [-0.2, 0) is 15.9 Å². The predicted octanol–water partition coefficient (Wildman–Crippen LogP) is 5.93. The summed E-state index contributed by atoms with van der Waals surface area (Å²) in [6, 6.07) is 11.3. The molecule has 3 aliphatic rings. The number of aryl methyl sites for hydroxylation is 1. The Labute approximate surface area is 248 Å². The van der Waals surface area contributed by atoms with E-state index in [1.54, 1.807) is 18.2 Å². The molecule has 9 nitrogen and oxygen atoms in total. The highest BCUT2D eigenvalue weighted by atomic mass is 35.5. The molecule has 2 saturated carbocycles. The fraction of sp³-hybridized carbons (Fsp3) is 0.448. The van der Waals surface area contributed by atoms with Crippen molar-refractivity contribution in [1.29, 1.82) is 0 Å². The van der Waals surface area contributed by atoms with Gasteiger partial charge in [0, 0.05) is 53.3 Å². The van der Waals surface area contributed by atoms with Crippen LogP contribution in [0.3, 0.4) is 0 Å². The first-order chi connectivity index (χ1) is 19.6. The van der Waals surface area contributed by atoms with E-state index in [1.165, 1.54) is 0 Å². The Balaban J connectivity index is 1.10. The molecule has 2 aromatic carbocycles. The number of halogens is 2. The molecule has 1 aromatic heterocycles. The molecule has 1 aliphatic heterocycles. The summed E-state index contributed by atoms with van der Waals surface area (Å²) in [4.78, 5) is 32.9. The van der Waals surface area contributed by atoms with Gasteiger partial charge in [-0.1, -0.05) is 34.4 Å². The van der Waals surface area contributed by atoms with Crippen molar-refractivity contribution in [1.82, 2.24) is 10.5 Å². The van der Waals surface area contributed by atoms with E-state index >= 15 is 0 Å². The molecule has 3 fully saturated rings. The number of aromatic nitrogens is 1. The maximum Gasteiger partial charge on any atom is 0.327 e. The van der Waals surface area contributed by atoms with E-state index in [0.29, 0.717) is 51.4 Å². The van der Waals surface area contributed by atoms with Gasteiger partial charge in [-0.3, -0.25) is 9.36 Å². The smallest absolute Gasteiger partial charge is 0.327 e. The number of rotatable bonds is 10. The van der Waals surface area contributed by atoms with Crippen LogP contribution in [-0.4, -0.2) is 52.2 Å². The monoisotopic (exact) mass is 619 g/mol. The number of hydrogen-bond acceptors (Lipinski definition) is 6. The lowest BCUT2D eigenvalue weighted by Gasteiger charge is -2.34. The van der Waals surface area contributed by atoms with Gasteiger partial charge in [-0.25, -0.2) is 0 Å². The van der Waals surface area contributed by atoms with Gasteiger partial charge in [-0.05, 0) is 68.5 Å². The minimum Gasteiger partial charge on any atom is -0.373 e. The number of piperidine rings is 1. The van der Waals surface area contributed by atoms with Crippen LogP contribution in [0.5, 0.6) is 0 Å². The molecule has 218 valence electrons. The van der Waals surface area contributed by atoms with E-state index in [2.05, 4.69) is 15.4 Å². The zero-order chi connectivity index (χ0) is 28.9. The van der Waals surface area contributed by atoms with Crippen LogP contribution in [0.25, 0.3) is 11.3 Å². The number of fused-ring (bicyclic) bond motifs is 2. The molecular formula is C29H32Cl2N3O6P. The van der Waals surface area contributed by atoms with E-state index in [1.807, 2.05) is 25.1 Å². The van der Waals surface area contributed by atoms with E-state index < -0.39 is 7.60 Å². The topological polar surface area (TPSA) is 125 Å². The van der Waals surface area contributed by atoms with Gasteiger partial charge in [0.25, 0.3) is 5.91 Å². The van der Waals surface area contributed by atoms with Crippen LogP contribution in [0, 0.1) is 12.8 Å². The minimum absolute atomic E-state index is 0.0782. The number of carbonyl (C=O) groups excluding carboxylic acids is 1. The first-order valence-corrected chi connectivity index (χ1v) is 16.4. The normalized spacial score (nSPS) is 22.0. The molecule has 2 bridgehead atoms. The first kappa shape index (κ1) is 28.7. The SMILES string of the molecule is Cc1cc(C(=O)NCCP(=O)(O)O)ccc1N1C[C@@H]2C[C@H]1C[C@H]2OCc1c(-c2c(Cl)cccc2Cl)noc1C1CC1. The molecule has 12 heteroatoms. The molecule has 1 saturated heterocycles. The lowest BCUT2D eigenvalue weighted by atomic mass is 10.0. The maximum absolute atomic E-state index is 12.5. The zero-order valence-electron chi connectivity index (χ0n) is 22.6. The highest BCUT2D eigenvalue weighted by molar-refractivity contribution is 7.51. The van der Waals surface area contributed by atoms with E-state index in [9.17, 15) is 9.36 Å². The Morgan fingerprint density at radius 1 is 1.20 bits per heavy atom. The molecule has 2 aliphatic carbocycles. The number of hydrogen-bond donors (Lipinski definition) is 3. The second-order valence-electron chi connectivity index (χ2n) is 11.3. The third-order valence-corrected chi connectivity index (χ3v) is 9.78. The number of nitrogens with zero attached hydrogens (tertiary/aromatic N) is 2. The Kier molecular flexibility index (Phi) is 7.96. The summed E-state index contributed by atoms with van der Waals surface area (Å²) in [6.45, 7) is 3.16. The maximum atomic E-state index is 12.5. The van der Waals surface area contributed by atoms with E-state index in [4.69, 9.17) is 42.2 Å². The molecule has 2 heterocycles. The van der Waals surface area contributed by atoms with Gasteiger partial charge < -0.3 is 29.3 Å². The second-order valence-corrected chi connectivity index (χ2v) is 13.9. The summed E-state index contributed by atoms with van der Waals surface area (Å²) in [5, 5.41) is 8.02. The number of anilines is 1. The largest absolute Gasteiger partial charge is 0.373 e. The second kappa shape index (κ2) is 11.4. The summed E-state index contributed by atoms with van der Waals surface area (Å²) in [5.41, 5.74) is 4.82. The predicted molar refractivity (Wildman–Crippen MR) is 157 cm³/mol. The molecule has 3 aromatic rings. The van der Waals surface area contributed by atoms with Crippen molar-refractivity contribution in [2.45, 2.75) is 57.3 Å². The summed E-state index contributed by atoms with van der Waals surface area (Å²) in [5.74, 6) is 1.28. The Morgan fingerprint density at radius 3 is 2.59 bits per heavy atom. The lowest BCUT2D eigenvalue weighted by Crippen LogP contribution is -2.39. The molecule has 0 spiro atoms. The molecule has 0 unspecified atom stereocenters.